The summed E-state index contributed by atoms with van der Waals surface area (Å²) in [5.74, 6) is 0.498. The Kier molecular flexibility index (Phi) is 7.18. The lowest BCUT2D eigenvalue weighted by atomic mass is 10.1. The van der Waals surface area contributed by atoms with Crippen LogP contribution in [-0.2, 0) is 10.0 Å². The van der Waals surface area contributed by atoms with E-state index in [1.807, 2.05) is 13.8 Å². The van der Waals surface area contributed by atoms with Crippen LogP contribution in [0.5, 0.6) is 5.75 Å². The summed E-state index contributed by atoms with van der Waals surface area (Å²) in [6.45, 7) is 3.43. The highest BCUT2D eigenvalue weighted by Gasteiger charge is 2.20. The first-order valence-electron chi connectivity index (χ1n) is 6.98. The van der Waals surface area contributed by atoms with Crippen molar-refractivity contribution in [3.63, 3.8) is 0 Å². The number of benzene rings is 1. The molecule has 0 heterocycles. The molecule has 1 aromatic carbocycles. The van der Waals surface area contributed by atoms with Crippen molar-refractivity contribution >= 4 is 10.0 Å². The Labute approximate surface area is 129 Å². The van der Waals surface area contributed by atoms with Crippen molar-refractivity contribution in [2.45, 2.75) is 37.6 Å². The molecular formula is C14H22F2N2O3S. The molecule has 1 aromatic rings. The smallest absolute Gasteiger partial charge is 0.272 e. The van der Waals surface area contributed by atoms with Gasteiger partial charge in [-0.1, -0.05) is 13.8 Å². The van der Waals surface area contributed by atoms with Crippen molar-refractivity contribution in [3.05, 3.63) is 24.3 Å². The van der Waals surface area contributed by atoms with E-state index < -0.39 is 23.1 Å². The van der Waals surface area contributed by atoms with Gasteiger partial charge in [-0.05, 0) is 36.6 Å². The van der Waals surface area contributed by atoms with Gasteiger partial charge >= 0.3 is 0 Å². The van der Waals surface area contributed by atoms with E-state index in [0.717, 1.165) is 0 Å². The number of alkyl halides is 2. The minimum Gasteiger partial charge on any atom is -0.488 e. The summed E-state index contributed by atoms with van der Waals surface area (Å²) in [4.78, 5) is 0.0408. The molecule has 0 saturated heterocycles. The molecule has 3 N–H and O–H groups in total. The largest absolute Gasteiger partial charge is 0.488 e. The van der Waals surface area contributed by atoms with Gasteiger partial charge in [0.15, 0.2) is 0 Å². The summed E-state index contributed by atoms with van der Waals surface area (Å²) in [5, 5.41) is 0. The number of hydrogen-bond acceptors (Lipinski definition) is 4. The van der Waals surface area contributed by atoms with Crippen LogP contribution in [0, 0.1) is 5.92 Å². The van der Waals surface area contributed by atoms with Gasteiger partial charge in [0.1, 0.15) is 12.4 Å². The summed E-state index contributed by atoms with van der Waals surface area (Å²) in [6, 6.07) is 4.96. The molecule has 1 atom stereocenters. The second kappa shape index (κ2) is 8.40. The first-order valence-corrected chi connectivity index (χ1v) is 8.46. The fraction of sp³-hybridized carbons (Fsp3) is 0.571. The lowest BCUT2D eigenvalue weighted by molar-refractivity contribution is 0.0819. The van der Waals surface area contributed by atoms with Gasteiger partial charge in [-0.25, -0.2) is 21.9 Å². The monoisotopic (exact) mass is 336 g/mol. The molecule has 0 saturated carbocycles. The molecule has 0 aliphatic heterocycles. The maximum Gasteiger partial charge on any atom is 0.272 e. The summed E-state index contributed by atoms with van der Waals surface area (Å²) in [5.41, 5.74) is 5.58. The number of nitrogens with two attached hydrogens (primary N) is 1. The molecule has 5 nitrogen and oxygen atoms in total. The summed E-state index contributed by atoms with van der Waals surface area (Å²) in [7, 11) is -3.70. The Morgan fingerprint density at radius 3 is 2.27 bits per heavy atom. The normalized spacial score (nSPS) is 13.6. The van der Waals surface area contributed by atoms with Gasteiger partial charge in [-0.3, -0.25) is 0 Å². The zero-order chi connectivity index (χ0) is 16.8. The molecule has 0 aliphatic carbocycles. The van der Waals surface area contributed by atoms with Crippen LogP contribution in [0.2, 0.25) is 0 Å². The molecule has 0 aliphatic rings. The van der Waals surface area contributed by atoms with E-state index in [0.29, 0.717) is 12.3 Å². The van der Waals surface area contributed by atoms with Crippen LogP contribution in [0.25, 0.3) is 0 Å². The van der Waals surface area contributed by atoms with E-state index in [4.69, 9.17) is 10.5 Å². The minimum absolute atomic E-state index is 0.0408. The van der Waals surface area contributed by atoms with Crippen molar-refractivity contribution < 1.29 is 21.9 Å². The van der Waals surface area contributed by atoms with E-state index in [1.54, 1.807) is 0 Å². The van der Waals surface area contributed by atoms with E-state index in [9.17, 15) is 17.2 Å². The first kappa shape index (κ1) is 18.8. The Morgan fingerprint density at radius 2 is 1.82 bits per heavy atom. The maximum atomic E-state index is 12.2. The predicted molar refractivity (Wildman–Crippen MR) is 80.6 cm³/mol. The second-order valence-electron chi connectivity index (χ2n) is 5.36. The van der Waals surface area contributed by atoms with Crippen LogP contribution >= 0.6 is 0 Å². The summed E-state index contributed by atoms with van der Waals surface area (Å²) < 4.78 is 55.9. The Bertz CT molecular complexity index is 548. The molecule has 0 radical (unpaired) electrons. The lowest BCUT2D eigenvalue weighted by Gasteiger charge is -2.19. The topological polar surface area (TPSA) is 81.4 Å². The molecule has 8 heteroatoms. The van der Waals surface area contributed by atoms with Crippen LogP contribution in [0.15, 0.2) is 29.2 Å². The molecule has 0 fully saturated rings. The van der Waals surface area contributed by atoms with Crippen LogP contribution < -0.4 is 15.2 Å². The quantitative estimate of drug-likeness (QED) is 0.722. The Morgan fingerprint density at radius 1 is 1.23 bits per heavy atom. The highest BCUT2D eigenvalue weighted by atomic mass is 32.2. The zero-order valence-corrected chi connectivity index (χ0v) is 13.4. The number of hydrogen-bond donors (Lipinski definition) is 2. The van der Waals surface area contributed by atoms with Crippen molar-refractivity contribution in [2.75, 3.05) is 13.2 Å². The van der Waals surface area contributed by atoms with Crippen LogP contribution in [0.3, 0.4) is 0 Å². The van der Waals surface area contributed by atoms with Crippen molar-refractivity contribution in [1.82, 2.24) is 4.72 Å². The number of nitrogens with one attached hydrogen (secondary N) is 1. The first-order chi connectivity index (χ1) is 10.2. The lowest BCUT2D eigenvalue weighted by Crippen LogP contribution is -2.40. The maximum absolute atomic E-state index is 12.2. The van der Waals surface area contributed by atoms with Gasteiger partial charge in [0, 0.05) is 12.6 Å². The third kappa shape index (κ3) is 6.25. The summed E-state index contributed by atoms with van der Waals surface area (Å²) in [6.07, 6.45) is -1.95. The number of sulfonamides is 1. The second-order valence-corrected chi connectivity index (χ2v) is 7.07. The van der Waals surface area contributed by atoms with Crippen LogP contribution in [-0.4, -0.2) is 34.0 Å². The Hall–Kier alpha value is -1.25. The van der Waals surface area contributed by atoms with E-state index in [2.05, 4.69) is 4.72 Å². The minimum atomic E-state index is -3.70. The zero-order valence-electron chi connectivity index (χ0n) is 12.6. The van der Waals surface area contributed by atoms with Gasteiger partial charge < -0.3 is 10.5 Å². The van der Waals surface area contributed by atoms with Gasteiger partial charge in [0.25, 0.3) is 6.43 Å². The van der Waals surface area contributed by atoms with Crippen molar-refractivity contribution in [2.24, 2.45) is 11.7 Å². The third-order valence-corrected chi connectivity index (χ3v) is 4.41. The Balaban J connectivity index is 2.76. The molecule has 0 aromatic heterocycles. The van der Waals surface area contributed by atoms with Crippen LogP contribution in [0.1, 0.15) is 20.3 Å². The highest BCUT2D eigenvalue weighted by molar-refractivity contribution is 7.89. The number of halogens is 2. The van der Waals surface area contributed by atoms with Crippen molar-refractivity contribution in [3.8, 4) is 5.75 Å². The molecule has 1 unspecified atom stereocenters. The molecule has 0 bridgehead atoms. The average Bonchev–Trinajstić information content (AvgIpc) is 2.44. The van der Waals surface area contributed by atoms with E-state index in [1.165, 1.54) is 24.3 Å². The molecular weight excluding hydrogens is 314 g/mol. The van der Waals surface area contributed by atoms with Gasteiger partial charge in [0.2, 0.25) is 10.0 Å². The number of rotatable bonds is 9. The van der Waals surface area contributed by atoms with Gasteiger partial charge in [-0.15, -0.1) is 0 Å². The standard InChI is InChI=1S/C14H22F2N2O3S/c1-10(2)7-11(8-17)18-22(19,20)13-5-3-12(4-6-13)21-9-14(15)16/h3-6,10-11,14,18H,7-9,17H2,1-2H3. The average molecular weight is 336 g/mol. The van der Waals surface area contributed by atoms with Gasteiger partial charge in [0.05, 0.1) is 4.90 Å². The fourth-order valence-electron chi connectivity index (χ4n) is 1.92. The highest BCUT2D eigenvalue weighted by Crippen LogP contribution is 2.17. The van der Waals surface area contributed by atoms with E-state index >= 15 is 0 Å². The van der Waals surface area contributed by atoms with Crippen molar-refractivity contribution in [1.29, 1.82) is 0 Å². The molecule has 22 heavy (non-hydrogen) atoms. The molecule has 0 spiro atoms. The third-order valence-electron chi connectivity index (χ3n) is 2.87. The molecule has 0 amide bonds. The molecule has 126 valence electrons. The van der Waals surface area contributed by atoms with Gasteiger partial charge in [-0.2, -0.15) is 0 Å². The summed E-state index contributed by atoms with van der Waals surface area (Å²) >= 11 is 0. The van der Waals surface area contributed by atoms with E-state index in [-0.39, 0.29) is 23.2 Å². The predicted octanol–water partition coefficient (Wildman–Crippen LogP) is 1.98. The van der Waals surface area contributed by atoms with Crippen LogP contribution in [0.4, 0.5) is 8.78 Å². The molecule has 1 rings (SSSR count). The fourth-order valence-corrected chi connectivity index (χ4v) is 3.18. The number of ether oxygens (including phenoxy) is 1. The SMILES string of the molecule is CC(C)CC(CN)NS(=O)(=O)c1ccc(OCC(F)F)cc1.